The maximum atomic E-state index is 12.6. The van der Waals surface area contributed by atoms with Crippen LogP contribution in [0.15, 0.2) is 36.4 Å². The average Bonchev–Trinajstić information content (AvgIpc) is 3.06. The molecule has 1 heterocycles. The van der Waals surface area contributed by atoms with Gasteiger partial charge in [0.2, 0.25) is 6.79 Å². The molecular weight excluding hydrogens is 377 g/mol. The van der Waals surface area contributed by atoms with Crippen molar-refractivity contribution in [3.63, 3.8) is 0 Å². The van der Waals surface area contributed by atoms with Crippen molar-refractivity contribution in [2.24, 2.45) is 5.92 Å². The third kappa shape index (κ3) is 4.34. The van der Waals surface area contributed by atoms with E-state index in [0.717, 1.165) is 5.56 Å². The molecule has 1 aliphatic heterocycles. The number of benzene rings is 2. The molecule has 3 rings (SSSR count). The fourth-order valence-corrected chi connectivity index (χ4v) is 2.99. The molecular formula is C19H19Cl2NO4. The summed E-state index contributed by atoms with van der Waals surface area (Å²) in [6.45, 7) is 4.40. The summed E-state index contributed by atoms with van der Waals surface area (Å²) in [6, 6.07) is 10.5. The average molecular weight is 396 g/mol. The van der Waals surface area contributed by atoms with E-state index in [-0.39, 0.29) is 18.6 Å². The Kier molecular flexibility index (Phi) is 5.79. The van der Waals surface area contributed by atoms with Gasteiger partial charge in [0.25, 0.3) is 5.91 Å². The summed E-state index contributed by atoms with van der Waals surface area (Å²) in [4.78, 5) is 12.6. The molecule has 2 aromatic rings. The Morgan fingerprint density at radius 3 is 2.65 bits per heavy atom. The third-order valence-electron chi connectivity index (χ3n) is 3.92. The summed E-state index contributed by atoms with van der Waals surface area (Å²) in [5, 5.41) is 3.77. The minimum absolute atomic E-state index is 0.0431. The standard InChI is InChI=1S/C19H19Cl2NO4/c1-11(2)18(26-15-6-4-13(20)8-14(15)21)19(23)22-9-12-3-5-16-17(7-12)25-10-24-16/h3-8,11,18H,9-10H2,1-2H3,(H,22,23). The summed E-state index contributed by atoms with van der Waals surface area (Å²) >= 11 is 12.0. The summed E-state index contributed by atoms with van der Waals surface area (Å²) < 4.78 is 16.5. The molecule has 1 amide bonds. The summed E-state index contributed by atoms with van der Waals surface area (Å²) in [5.74, 6) is 1.55. The molecule has 0 bridgehead atoms. The van der Waals surface area contributed by atoms with Crippen LogP contribution < -0.4 is 19.5 Å². The number of carbonyl (C=O) groups excluding carboxylic acids is 1. The van der Waals surface area contributed by atoms with Gasteiger partial charge in [0.05, 0.1) is 5.02 Å². The Morgan fingerprint density at radius 1 is 1.15 bits per heavy atom. The van der Waals surface area contributed by atoms with Crippen LogP contribution >= 0.6 is 23.2 Å². The zero-order valence-electron chi connectivity index (χ0n) is 14.4. The molecule has 5 nitrogen and oxygen atoms in total. The van der Waals surface area contributed by atoms with Gasteiger partial charge in [0.1, 0.15) is 5.75 Å². The van der Waals surface area contributed by atoms with E-state index in [1.807, 2.05) is 32.0 Å². The predicted octanol–water partition coefficient (Wildman–Crippen LogP) is 4.44. The normalized spacial score (nSPS) is 13.6. The van der Waals surface area contributed by atoms with Crippen LogP contribution in [0.3, 0.4) is 0 Å². The lowest BCUT2D eigenvalue weighted by molar-refractivity contribution is -0.130. The molecule has 1 N–H and O–H groups in total. The van der Waals surface area contributed by atoms with Gasteiger partial charge in [-0.25, -0.2) is 0 Å². The van der Waals surface area contributed by atoms with Crippen LogP contribution in [0.4, 0.5) is 0 Å². The first-order valence-electron chi connectivity index (χ1n) is 8.22. The molecule has 26 heavy (non-hydrogen) atoms. The van der Waals surface area contributed by atoms with Crippen molar-refractivity contribution in [2.75, 3.05) is 6.79 Å². The van der Waals surface area contributed by atoms with Crippen LogP contribution in [0.1, 0.15) is 19.4 Å². The van der Waals surface area contributed by atoms with Crippen molar-refractivity contribution in [1.82, 2.24) is 5.32 Å². The molecule has 138 valence electrons. The Balaban J connectivity index is 1.65. The van der Waals surface area contributed by atoms with Crippen molar-refractivity contribution >= 4 is 29.1 Å². The number of hydrogen-bond acceptors (Lipinski definition) is 4. The van der Waals surface area contributed by atoms with Gasteiger partial charge in [-0.1, -0.05) is 43.1 Å². The molecule has 0 aliphatic carbocycles. The van der Waals surface area contributed by atoms with Gasteiger partial charge in [0.15, 0.2) is 17.6 Å². The second kappa shape index (κ2) is 8.06. The van der Waals surface area contributed by atoms with E-state index >= 15 is 0 Å². The lowest BCUT2D eigenvalue weighted by Crippen LogP contribution is -2.41. The van der Waals surface area contributed by atoms with E-state index in [0.29, 0.717) is 33.8 Å². The quantitative estimate of drug-likeness (QED) is 0.784. The number of fused-ring (bicyclic) bond motifs is 1. The minimum Gasteiger partial charge on any atom is -0.479 e. The number of carbonyl (C=O) groups is 1. The maximum Gasteiger partial charge on any atom is 0.261 e. The number of hydrogen-bond donors (Lipinski definition) is 1. The first kappa shape index (κ1) is 18.7. The van der Waals surface area contributed by atoms with E-state index in [4.69, 9.17) is 37.4 Å². The fourth-order valence-electron chi connectivity index (χ4n) is 2.54. The van der Waals surface area contributed by atoms with Crippen molar-refractivity contribution in [1.29, 1.82) is 0 Å². The van der Waals surface area contributed by atoms with Gasteiger partial charge in [-0.3, -0.25) is 4.79 Å². The van der Waals surface area contributed by atoms with E-state index in [1.165, 1.54) is 0 Å². The van der Waals surface area contributed by atoms with Gasteiger partial charge < -0.3 is 19.5 Å². The lowest BCUT2D eigenvalue weighted by atomic mass is 10.1. The molecule has 1 atom stereocenters. The zero-order valence-corrected chi connectivity index (χ0v) is 15.9. The Labute approximate surface area is 162 Å². The molecule has 2 aromatic carbocycles. The van der Waals surface area contributed by atoms with Crippen molar-refractivity contribution in [2.45, 2.75) is 26.5 Å². The highest BCUT2D eigenvalue weighted by molar-refractivity contribution is 6.35. The Morgan fingerprint density at radius 2 is 1.92 bits per heavy atom. The van der Waals surface area contributed by atoms with E-state index < -0.39 is 6.10 Å². The number of rotatable bonds is 6. The van der Waals surface area contributed by atoms with Gasteiger partial charge in [-0.15, -0.1) is 0 Å². The number of ether oxygens (including phenoxy) is 3. The molecule has 0 spiro atoms. The smallest absolute Gasteiger partial charge is 0.261 e. The summed E-state index contributed by atoms with van der Waals surface area (Å²) in [5.41, 5.74) is 0.912. The Hall–Kier alpha value is -2.11. The topological polar surface area (TPSA) is 56.8 Å². The van der Waals surface area contributed by atoms with Crippen LogP contribution in [0.25, 0.3) is 0 Å². The largest absolute Gasteiger partial charge is 0.479 e. The van der Waals surface area contributed by atoms with Gasteiger partial charge >= 0.3 is 0 Å². The van der Waals surface area contributed by atoms with Crippen LogP contribution in [0, 0.1) is 5.92 Å². The van der Waals surface area contributed by atoms with Crippen LogP contribution in [0.2, 0.25) is 10.0 Å². The molecule has 1 unspecified atom stereocenters. The van der Waals surface area contributed by atoms with Crippen molar-refractivity contribution in [3.8, 4) is 17.2 Å². The summed E-state index contributed by atoms with van der Waals surface area (Å²) in [6.07, 6.45) is -0.678. The zero-order chi connectivity index (χ0) is 18.7. The Bertz CT molecular complexity index is 810. The SMILES string of the molecule is CC(C)C(Oc1ccc(Cl)cc1Cl)C(=O)NCc1ccc2c(c1)OCO2. The molecule has 0 aromatic heterocycles. The molecule has 0 saturated carbocycles. The first-order valence-corrected chi connectivity index (χ1v) is 8.97. The van der Waals surface area contributed by atoms with Crippen LogP contribution in [-0.2, 0) is 11.3 Å². The van der Waals surface area contributed by atoms with Crippen LogP contribution in [-0.4, -0.2) is 18.8 Å². The third-order valence-corrected chi connectivity index (χ3v) is 4.45. The molecule has 0 radical (unpaired) electrons. The van der Waals surface area contributed by atoms with E-state index in [1.54, 1.807) is 18.2 Å². The molecule has 1 aliphatic rings. The second-order valence-corrected chi connectivity index (χ2v) is 7.11. The maximum absolute atomic E-state index is 12.6. The number of nitrogens with one attached hydrogen (secondary N) is 1. The molecule has 7 heteroatoms. The number of halogens is 2. The lowest BCUT2D eigenvalue weighted by Gasteiger charge is -2.22. The summed E-state index contributed by atoms with van der Waals surface area (Å²) in [7, 11) is 0. The van der Waals surface area contributed by atoms with E-state index in [2.05, 4.69) is 5.32 Å². The number of amides is 1. The van der Waals surface area contributed by atoms with Gasteiger partial charge in [-0.2, -0.15) is 0 Å². The molecule has 0 fully saturated rings. The molecule has 0 saturated heterocycles. The minimum atomic E-state index is -0.678. The fraction of sp³-hybridized carbons (Fsp3) is 0.316. The van der Waals surface area contributed by atoms with Crippen molar-refractivity contribution < 1.29 is 19.0 Å². The highest BCUT2D eigenvalue weighted by Gasteiger charge is 2.25. The van der Waals surface area contributed by atoms with E-state index in [9.17, 15) is 4.79 Å². The first-order chi connectivity index (χ1) is 12.4. The predicted molar refractivity (Wildman–Crippen MR) is 100 cm³/mol. The van der Waals surface area contributed by atoms with Crippen LogP contribution in [0.5, 0.6) is 17.2 Å². The van der Waals surface area contributed by atoms with Crippen molar-refractivity contribution in [3.05, 3.63) is 52.0 Å². The highest BCUT2D eigenvalue weighted by atomic mass is 35.5. The second-order valence-electron chi connectivity index (χ2n) is 6.26. The monoisotopic (exact) mass is 395 g/mol. The van der Waals surface area contributed by atoms with Gasteiger partial charge in [-0.05, 0) is 41.8 Å². The highest BCUT2D eigenvalue weighted by Crippen LogP contribution is 2.32. The van der Waals surface area contributed by atoms with Gasteiger partial charge in [0, 0.05) is 11.6 Å².